The van der Waals surface area contributed by atoms with E-state index in [0.29, 0.717) is 0 Å². The van der Waals surface area contributed by atoms with Gasteiger partial charge in [-0.15, -0.1) is 0 Å². The molecule has 1 amide bonds. The summed E-state index contributed by atoms with van der Waals surface area (Å²) in [6, 6.07) is -0.384. The average molecular weight is 257 g/mol. The lowest BCUT2D eigenvalue weighted by Crippen LogP contribution is -2.51. The van der Waals surface area contributed by atoms with Gasteiger partial charge in [0.1, 0.15) is 5.60 Å². The van der Waals surface area contributed by atoms with Crippen molar-refractivity contribution in [1.29, 1.82) is 0 Å². The molecule has 2 N–H and O–H groups in total. The molecule has 5 heteroatoms. The van der Waals surface area contributed by atoms with E-state index in [9.17, 15) is 14.7 Å². The Hall–Kier alpha value is -1.26. The van der Waals surface area contributed by atoms with Gasteiger partial charge in [0.15, 0.2) is 0 Å². The van der Waals surface area contributed by atoms with Crippen molar-refractivity contribution < 1.29 is 19.4 Å². The number of hydrogen-bond donors (Lipinski definition) is 2. The fourth-order valence-electron chi connectivity index (χ4n) is 1.88. The first-order valence-corrected chi connectivity index (χ1v) is 6.27. The SMILES string of the molecule is CC(C)(C)OC(=O)N[C@H](C1CC1)C(C)(C)C(=O)O. The number of rotatable bonds is 4. The van der Waals surface area contributed by atoms with Crippen molar-refractivity contribution >= 4 is 12.1 Å². The molecule has 0 bridgehead atoms. The second-order valence-corrected chi connectivity index (χ2v) is 6.49. The Balaban J connectivity index is 2.70. The van der Waals surface area contributed by atoms with Crippen LogP contribution in [0.15, 0.2) is 0 Å². The van der Waals surface area contributed by atoms with E-state index in [1.54, 1.807) is 34.6 Å². The van der Waals surface area contributed by atoms with Crippen molar-refractivity contribution in [3.8, 4) is 0 Å². The first kappa shape index (κ1) is 14.8. The van der Waals surface area contributed by atoms with Gasteiger partial charge in [0.05, 0.1) is 11.5 Å². The molecule has 0 radical (unpaired) electrons. The molecule has 0 aromatic heterocycles. The minimum absolute atomic E-state index is 0.239. The number of carbonyl (C=O) groups is 2. The molecule has 104 valence electrons. The molecule has 1 fully saturated rings. The summed E-state index contributed by atoms with van der Waals surface area (Å²) in [5.74, 6) is -0.668. The zero-order valence-electron chi connectivity index (χ0n) is 11.7. The fraction of sp³-hybridized carbons (Fsp3) is 0.846. The quantitative estimate of drug-likeness (QED) is 0.811. The van der Waals surface area contributed by atoms with Gasteiger partial charge in [-0.25, -0.2) is 4.79 Å². The van der Waals surface area contributed by atoms with Crippen LogP contribution in [0.2, 0.25) is 0 Å². The molecule has 0 aliphatic heterocycles. The topological polar surface area (TPSA) is 75.6 Å². The molecule has 5 nitrogen and oxygen atoms in total. The van der Waals surface area contributed by atoms with E-state index in [1.807, 2.05) is 0 Å². The van der Waals surface area contributed by atoms with Gasteiger partial charge in [-0.1, -0.05) is 0 Å². The van der Waals surface area contributed by atoms with Crippen LogP contribution in [0.25, 0.3) is 0 Å². The summed E-state index contributed by atoms with van der Waals surface area (Å²) >= 11 is 0. The summed E-state index contributed by atoms with van der Waals surface area (Å²) in [6.45, 7) is 8.61. The molecule has 1 rings (SSSR count). The number of hydrogen-bond acceptors (Lipinski definition) is 3. The Bertz CT molecular complexity index is 339. The predicted molar refractivity (Wildman–Crippen MR) is 67.3 cm³/mol. The van der Waals surface area contributed by atoms with Crippen LogP contribution in [0.5, 0.6) is 0 Å². The monoisotopic (exact) mass is 257 g/mol. The van der Waals surface area contributed by atoms with E-state index < -0.39 is 23.1 Å². The van der Waals surface area contributed by atoms with Gasteiger partial charge in [-0.05, 0) is 53.4 Å². The lowest BCUT2D eigenvalue weighted by molar-refractivity contribution is -0.148. The smallest absolute Gasteiger partial charge is 0.407 e. The van der Waals surface area contributed by atoms with Gasteiger partial charge in [0.25, 0.3) is 0 Å². The molecule has 18 heavy (non-hydrogen) atoms. The lowest BCUT2D eigenvalue weighted by Gasteiger charge is -2.32. The number of carboxylic acids is 1. The number of nitrogens with one attached hydrogen (secondary N) is 1. The highest BCUT2D eigenvalue weighted by atomic mass is 16.6. The van der Waals surface area contributed by atoms with E-state index in [-0.39, 0.29) is 12.0 Å². The minimum atomic E-state index is -0.988. The largest absolute Gasteiger partial charge is 0.481 e. The summed E-state index contributed by atoms with van der Waals surface area (Å²) < 4.78 is 5.18. The zero-order valence-corrected chi connectivity index (χ0v) is 11.7. The van der Waals surface area contributed by atoms with E-state index in [4.69, 9.17) is 4.74 Å². The van der Waals surface area contributed by atoms with Crippen LogP contribution < -0.4 is 5.32 Å². The third kappa shape index (κ3) is 3.89. The highest BCUT2D eigenvalue weighted by Crippen LogP contribution is 2.40. The fourth-order valence-corrected chi connectivity index (χ4v) is 1.88. The number of aliphatic carboxylic acids is 1. The van der Waals surface area contributed by atoms with Crippen molar-refractivity contribution in [2.75, 3.05) is 0 Å². The molecule has 1 aliphatic rings. The molecule has 0 saturated heterocycles. The number of alkyl carbamates (subject to hydrolysis) is 1. The molecule has 1 saturated carbocycles. The molecule has 0 unspecified atom stereocenters. The van der Waals surface area contributed by atoms with Crippen LogP contribution in [0.3, 0.4) is 0 Å². The average Bonchev–Trinajstić information content (AvgIpc) is 2.93. The first-order chi connectivity index (χ1) is 8.04. The van der Waals surface area contributed by atoms with Crippen LogP contribution in [0, 0.1) is 11.3 Å². The molecular weight excluding hydrogens is 234 g/mol. The summed E-state index contributed by atoms with van der Waals surface area (Å²) in [7, 11) is 0. The first-order valence-electron chi connectivity index (χ1n) is 6.27. The molecule has 0 aromatic carbocycles. The summed E-state index contributed by atoms with van der Waals surface area (Å²) in [4.78, 5) is 23.0. The Morgan fingerprint density at radius 3 is 2.06 bits per heavy atom. The number of ether oxygens (including phenoxy) is 1. The van der Waals surface area contributed by atoms with Crippen LogP contribution >= 0.6 is 0 Å². The number of carboxylic acid groups (broad SMARTS) is 1. The van der Waals surface area contributed by atoms with Gasteiger partial charge < -0.3 is 15.2 Å². The third-order valence-corrected chi connectivity index (χ3v) is 3.09. The number of amides is 1. The highest BCUT2D eigenvalue weighted by molar-refractivity contribution is 5.76. The maximum absolute atomic E-state index is 11.7. The molecule has 0 spiro atoms. The highest BCUT2D eigenvalue weighted by Gasteiger charge is 2.46. The summed E-state index contributed by atoms with van der Waals surface area (Å²) in [6.07, 6.45) is 1.36. The molecular formula is C13H23NO4. The van der Waals surface area contributed by atoms with Gasteiger partial charge in [-0.3, -0.25) is 4.79 Å². The van der Waals surface area contributed by atoms with E-state index >= 15 is 0 Å². The van der Waals surface area contributed by atoms with Crippen molar-refractivity contribution in [3.63, 3.8) is 0 Å². The molecule has 1 aliphatic carbocycles. The second kappa shape index (κ2) is 4.78. The lowest BCUT2D eigenvalue weighted by atomic mass is 9.81. The van der Waals surface area contributed by atoms with Gasteiger partial charge in [0, 0.05) is 0 Å². The van der Waals surface area contributed by atoms with Crippen molar-refractivity contribution in [1.82, 2.24) is 5.32 Å². The van der Waals surface area contributed by atoms with Gasteiger partial charge in [0.2, 0.25) is 0 Å². The van der Waals surface area contributed by atoms with Crippen LogP contribution in [-0.4, -0.2) is 28.8 Å². The Morgan fingerprint density at radius 2 is 1.72 bits per heavy atom. The maximum Gasteiger partial charge on any atom is 0.407 e. The van der Waals surface area contributed by atoms with Gasteiger partial charge in [-0.2, -0.15) is 0 Å². The number of carbonyl (C=O) groups excluding carboxylic acids is 1. The third-order valence-electron chi connectivity index (χ3n) is 3.09. The van der Waals surface area contributed by atoms with Crippen LogP contribution in [-0.2, 0) is 9.53 Å². The van der Waals surface area contributed by atoms with Crippen molar-refractivity contribution in [2.45, 2.75) is 59.1 Å². The van der Waals surface area contributed by atoms with Crippen molar-refractivity contribution in [2.24, 2.45) is 11.3 Å². The second-order valence-electron chi connectivity index (χ2n) is 6.49. The van der Waals surface area contributed by atoms with E-state index in [2.05, 4.69) is 5.32 Å². The Labute approximate surface area is 108 Å². The Kier molecular flexibility index (Phi) is 3.93. The van der Waals surface area contributed by atoms with Crippen LogP contribution in [0.4, 0.5) is 4.79 Å². The van der Waals surface area contributed by atoms with Crippen molar-refractivity contribution in [3.05, 3.63) is 0 Å². The molecule has 0 heterocycles. The normalized spacial score (nSPS) is 18.1. The molecule has 1 atom stereocenters. The zero-order chi connectivity index (χ0) is 14.1. The van der Waals surface area contributed by atoms with E-state index in [0.717, 1.165) is 12.8 Å². The maximum atomic E-state index is 11.7. The Morgan fingerprint density at radius 1 is 1.22 bits per heavy atom. The minimum Gasteiger partial charge on any atom is -0.481 e. The standard InChI is InChI=1S/C13H23NO4/c1-12(2,3)18-11(17)14-9(8-6-7-8)13(4,5)10(15)16/h8-9H,6-7H2,1-5H3,(H,14,17)(H,15,16)/t9-/m1/s1. The predicted octanol–water partition coefficient (Wildman–Crippen LogP) is 2.40. The summed E-state index contributed by atoms with van der Waals surface area (Å²) in [5, 5.41) is 12.0. The molecule has 0 aromatic rings. The van der Waals surface area contributed by atoms with Gasteiger partial charge >= 0.3 is 12.1 Å². The summed E-state index contributed by atoms with van der Waals surface area (Å²) in [5.41, 5.74) is -1.57. The van der Waals surface area contributed by atoms with Crippen LogP contribution in [0.1, 0.15) is 47.5 Å². The van der Waals surface area contributed by atoms with E-state index in [1.165, 1.54) is 0 Å².